The van der Waals surface area contributed by atoms with Crippen molar-refractivity contribution in [2.75, 3.05) is 20.1 Å². The van der Waals surface area contributed by atoms with Gasteiger partial charge in [-0.15, -0.1) is 0 Å². The van der Waals surface area contributed by atoms with Crippen molar-refractivity contribution in [3.8, 4) is 0 Å². The summed E-state index contributed by atoms with van der Waals surface area (Å²) in [6.07, 6.45) is 3.88. The molecule has 0 heterocycles. The highest BCUT2D eigenvalue weighted by Gasteiger charge is 2.42. The average Bonchev–Trinajstić information content (AvgIpc) is 3.02. The van der Waals surface area contributed by atoms with Crippen molar-refractivity contribution in [3.05, 3.63) is 34.3 Å². The first-order chi connectivity index (χ1) is 8.15. The molecular formula is C14H21BrN2. The minimum Gasteiger partial charge on any atom is -0.330 e. The summed E-state index contributed by atoms with van der Waals surface area (Å²) in [5, 5.41) is 0. The summed E-state index contributed by atoms with van der Waals surface area (Å²) in [4.78, 5) is 2.42. The molecule has 0 atom stereocenters. The summed E-state index contributed by atoms with van der Waals surface area (Å²) in [5.41, 5.74) is 7.57. The molecule has 1 aliphatic carbocycles. The summed E-state index contributed by atoms with van der Waals surface area (Å²) >= 11 is 3.60. The van der Waals surface area contributed by atoms with Crippen molar-refractivity contribution in [2.45, 2.75) is 25.8 Å². The summed E-state index contributed by atoms with van der Waals surface area (Å²) in [7, 11) is 2.20. The molecule has 0 saturated heterocycles. The number of halogens is 1. The fraction of sp³-hybridized carbons (Fsp3) is 0.571. The molecule has 0 spiro atoms. The van der Waals surface area contributed by atoms with E-state index in [9.17, 15) is 0 Å². The standard InChI is InChI=1S/C14H21BrN2/c1-17(11-14(6-7-14)8-9-16)10-12-4-2-3-5-13(12)15/h2-5H,6-11,16H2,1H3. The number of nitrogens with zero attached hydrogens (tertiary/aromatic N) is 1. The SMILES string of the molecule is CN(Cc1ccccc1Br)CC1(CCN)CC1. The number of benzene rings is 1. The maximum absolute atomic E-state index is 5.68. The number of hydrogen-bond acceptors (Lipinski definition) is 2. The van der Waals surface area contributed by atoms with Gasteiger partial charge in [-0.05, 0) is 49.9 Å². The van der Waals surface area contributed by atoms with Gasteiger partial charge in [-0.25, -0.2) is 0 Å². The van der Waals surface area contributed by atoms with E-state index in [0.717, 1.165) is 13.1 Å². The van der Waals surface area contributed by atoms with E-state index in [1.54, 1.807) is 0 Å². The van der Waals surface area contributed by atoms with Gasteiger partial charge in [-0.2, -0.15) is 0 Å². The van der Waals surface area contributed by atoms with E-state index in [4.69, 9.17) is 5.73 Å². The Morgan fingerprint density at radius 1 is 1.35 bits per heavy atom. The van der Waals surface area contributed by atoms with E-state index < -0.39 is 0 Å². The Morgan fingerprint density at radius 2 is 2.06 bits per heavy atom. The number of rotatable bonds is 6. The van der Waals surface area contributed by atoms with Crippen molar-refractivity contribution in [1.82, 2.24) is 4.90 Å². The molecule has 17 heavy (non-hydrogen) atoms. The third-order valence-electron chi connectivity index (χ3n) is 3.64. The lowest BCUT2D eigenvalue weighted by Gasteiger charge is -2.23. The van der Waals surface area contributed by atoms with Crippen molar-refractivity contribution >= 4 is 15.9 Å². The summed E-state index contributed by atoms with van der Waals surface area (Å²) in [5.74, 6) is 0. The highest BCUT2D eigenvalue weighted by molar-refractivity contribution is 9.10. The molecule has 1 aliphatic rings. The molecule has 2 nitrogen and oxygen atoms in total. The first-order valence-corrected chi connectivity index (χ1v) is 7.07. The van der Waals surface area contributed by atoms with Crippen LogP contribution in [0, 0.1) is 5.41 Å². The highest BCUT2D eigenvalue weighted by atomic mass is 79.9. The molecule has 2 N–H and O–H groups in total. The minimum absolute atomic E-state index is 0.532. The Labute approximate surface area is 112 Å². The molecule has 3 heteroatoms. The zero-order chi connectivity index (χ0) is 12.3. The lowest BCUT2D eigenvalue weighted by atomic mass is 10.0. The predicted octanol–water partition coefficient (Wildman–Crippen LogP) is 3.01. The zero-order valence-corrected chi connectivity index (χ0v) is 12.0. The normalized spacial score (nSPS) is 17.4. The Hall–Kier alpha value is -0.380. The van der Waals surface area contributed by atoms with Crippen molar-refractivity contribution in [3.63, 3.8) is 0 Å². The van der Waals surface area contributed by atoms with Gasteiger partial charge in [0.25, 0.3) is 0 Å². The lowest BCUT2D eigenvalue weighted by molar-refractivity contribution is 0.248. The van der Waals surface area contributed by atoms with E-state index >= 15 is 0 Å². The molecule has 1 saturated carbocycles. The Balaban J connectivity index is 1.89. The van der Waals surface area contributed by atoms with E-state index in [1.165, 1.54) is 35.8 Å². The van der Waals surface area contributed by atoms with Gasteiger partial charge in [-0.3, -0.25) is 0 Å². The quantitative estimate of drug-likeness (QED) is 0.874. The molecule has 1 aromatic rings. The smallest absolute Gasteiger partial charge is 0.0242 e. The summed E-state index contributed by atoms with van der Waals surface area (Å²) in [6.45, 7) is 3.00. The third kappa shape index (κ3) is 3.54. The van der Waals surface area contributed by atoms with Gasteiger partial charge in [0, 0.05) is 17.6 Å². The largest absolute Gasteiger partial charge is 0.330 e. The Morgan fingerprint density at radius 3 is 2.65 bits per heavy atom. The van der Waals surface area contributed by atoms with Crippen LogP contribution in [0.25, 0.3) is 0 Å². The fourth-order valence-corrected chi connectivity index (χ4v) is 2.93. The second kappa shape index (κ2) is 5.51. The molecule has 0 radical (unpaired) electrons. The second-order valence-corrected chi connectivity index (χ2v) is 6.16. The molecule has 2 rings (SSSR count). The third-order valence-corrected chi connectivity index (χ3v) is 4.41. The Kier molecular flexibility index (Phi) is 4.23. The van der Waals surface area contributed by atoms with Gasteiger partial charge in [0.1, 0.15) is 0 Å². The first kappa shape index (κ1) is 13.1. The van der Waals surface area contributed by atoms with Crippen LogP contribution in [-0.2, 0) is 6.54 Å². The summed E-state index contributed by atoms with van der Waals surface area (Å²) < 4.78 is 1.20. The zero-order valence-electron chi connectivity index (χ0n) is 10.5. The first-order valence-electron chi connectivity index (χ1n) is 6.27. The summed E-state index contributed by atoms with van der Waals surface area (Å²) in [6, 6.07) is 8.45. The van der Waals surface area contributed by atoms with Crippen LogP contribution < -0.4 is 5.73 Å². The van der Waals surface area contributed by atoms with E-state index in [2.05, 4.69) is 52.1 Å². The molecule has 0 aromatic heterocycles. The molecular weight excluding hydrogens is 276 g/mol. The molecule has 0 amide bonds. The molecule has 94 valence electrons. The van der Waals surface area contributed by atoms with Gasteiger partial charge in [0.15, 0.2) is 0 Å². The maximum atomic E-state index is 5.68. The van der Waals surface area contributed by atoms with E-state index in [0.29, 0.717) is 5.41 Å². The van der Waals surface area contributed by atoms with Gasteiger partial charge < -0.3 is 10.6 Å². The van der Waals surface area contributed by atoms with Crippen LogP contribution in [0.15, 0.2) is 28.7 Å². The van der Waals surface area contributed by atoms with E-state index in [-0.39, 0.29) is 0 Å². The molecule has 0 unspecified atom stereocenters. The van der Waals surface area contributed by atoms with Gasteiger partial charge in [-0.1, -0.05) is 34.1 Å². The second-order valence-electron chi connectivity index (χ2n) is 5.30. The van der Waals surface area contributed by atoms with Crippen LogP contribution >= 0.6 is 15.9 Å². The maximum Gasteiger partial charge on any atom is 0.0242 e. The fourth-order valence-electron chi connectivity index (χ4n) is 2.52. The van der Waals surface area contributed by atoms with Crippen molar-refractivity contribution in [2.24, 2.45) is 11.1 Å². The predicted molar refractivity (Wildman–Crippen MR) is 75.8 cm³/mol. The molecule has 0 bridgehead atoms. The van der Waals surface area contributed by atoms with Crippen LogP contribution in [0.1, 0.15) is 24.8 Å². The Bertz CT molecular complexity index is 374. The van der Waals surface area contributed by atoms with Gasteiger partial charge >= 0.3 is 0 Å². The number of hydrogen-bond donors (Lipinski definition) is 1. The average molecular weight is 297 g/mol. The van der Waals surface area contributed by atoms with E-state index in [1.807, 2.05) is 0 Å². The van der Waals surface area contributed by atoms with Crippen LogP contribution in [0.3, 0.4) is 0 Å². The number of nitrogens with two attached hydrogens (primary N) is 1. The topological polar surface area (TPSA) is 29.3 Å². The van der Waals surface area contributed by atoms with Crippen LogP contribution in [0.5, 0.6) is 0 Å². The molecule has 1 aromatic carbocycles. The van der Waals surface area contributed by atoms with Crippen molar-refractivity contribution in [1.29, 1.82) is 0 Å². The molecule has 1 fully saturated rings. The van der Waals surface area contributed by atoms with Crippen molar-refractivity contribution < 1.29 is 0 Å². The van der Waals surface area contributed by atoms with Gasteiger partial charge in [0.2, 0.25) is 0 Å². The highest BCUT2D eigenvalue weighted by Crippen LogP contribution is 2.49. The van der Waals surface area contributed by atoms with Crippen LogP contribution in [-0.4, -0.2) is 25.0 Å². The van der Waals surface area contributed by atoms with Gasteiger partial charge in [0.05, 0.1) is 0 Å². The molecule has 0 aliphatic heterocycles. The van der Waals surface area contributed by atoms with Crippen LogP contribution in [0.2, 0.25) is 0 Å². The monoisotopic (exact) mass is 296 g/mol. The van der Waals surface area contributed by atoms with Crippen LogP contribution in [0.4, 0.5) is 0 Å². The lowest BCUT2D eigenvalue weighted by Crippen LogP contribution is -2.28. The minimum atomic E-state index is 0.532.